The Morgan fingerprint density at radius 3 is 2.18 bits per heavy atom. The Balaban J connectivity index is 1.43. The number of benzene rings is 3. The molecule has 0 aliphatic rings. The third-order valence-corrected chi connectivity index (χ3v) is 6.51. The number of hydrogen-bond acceptors (Lipinski definition) is 4. The third-order valence-electron chi connectivity index (χ3n) is 5.12. The molecule has 172 valence electrons. The van der Waals surface area contributed by atoms with Crippen molar-refractivity contribution in [3.05, 3.63) is 126 Å². The van der Waals surface area contributed by atoms with E-state index in [4.69, 9.17) is 0 Å². The van der Waals surface area contributed by atoms with Gasteiger partial charge in [-0.2, -0.15) is 0 Å². The van der Waals surface area contributed by atoms with E-state index in [1.807, 2.05) is 48.5 Å². The van der Waals surface area contributed by atoms with Gasteiger partial charge < -0.3 is 5.32 Å². The molecule has 0 aliphatic carbocycles. The van der Waals surface area contributed by atoms with Crippen LogP contribution in [0.1, 0.15) is 22.9 Å². The number of carbonyl (C=O) groups excluding carboxylic acids is 1. The van der Waals surface area contributed by atoms with Gasteiger partial charge in [0.1, 0.15) is 5.82 Å². The van der Waals surface area contributed by atoms with Gasteiger partial charge in [0.05, 0.1) is 23.1 Å². The minimum Gasteiger partial charge on any atom is -0.343 e. The number of hydrogen-bond donors (Lipinski definition) is 2. The van der Waals surface area contributed by atoms with Gasteiger partial charge in [0.2, 0.25) is 5.91 Å². The predicted molar refractivity (Wildman–Crippen MR) is 128 cm³/mol. The van der Waals surface area contributed by atoms with Crippen LogP contribution in [0.2, 0.25) is 0 Å². The van der Waals surface area contributed by atoms with Crippen LogP contribution in [0.25, 0.3) is 0 Å². The average molecular weight is 476 g/mol. The molecule has 0 fully saturated rings. The van der Waals surface area contributed by atoms with Gasteiger partial charge in [0.25, 0.3) is 10.0 Å². The molecule has 0 bridgehead atoms. The molecule has 1 unspecified atom stereocenters. The second kappa shape index (κ2) is 10.3. The van der Waals surface area contributed by atoms with Crippen LogP contribution >= 0.6 is 0 Å². The molecule has 0 aliphatic heterocycles. The Hall–Kier alpha value is -4.04. The normalized spacial score (nSPS) is 12.0. The molecule has 3 aromatic carbocycles. The lowest BCUT2D eigenvalue weighted by atomic mass is 10.0. The summed E-state index contributed by atoms with van der Waals surface area (Å²) in [4.78, 5) is 17.2. The SMILES string of the molecule is O=C(Cc1ccc(NS(=O)(=O)c2ccc(F)cc2)cc1)NC(c1ccccc1)c1ccccn1. The molecule has 0 spiro atoms. The number of sulfonamides is 1. The molecule has 6 nitrogen and oxygen atoms in total. The highest BCUT2D eigenvalue weighted by molar-refractivity contribution is 7.92. The van der Waals surface area contributed by atoms with Gasteiger partial charge >= 0.3 is 0 Å². The number of anilines is 1. The maximum Gasteiger partial charge on any atom is 0.261 e. The molecule has 1 aromatic heterocycles. The van der Waals surface area contributed by atoms with E-state index in [1.165, 1.54) is 12.1 Å². The molecule has 0 saturated heterocycles. The Bertz CT molecular complexity index is 1310. The van der Waals surface area contributed by atoms with Crippen molar-refractivity contribution in [3.8, 4) is 0 Å². The number of nitrogens with one attached hydrogen (secondary N) is 2. The summed E-state index contributed by atoms with van der Waals surface area (Å²) in [5.74, 6) is -0.710. The van der Waals surface area contributed by atoms with E-state index in [0.29, 0.717) is 5.69 Å². The molecule has 0 radical (unpaired) electrons. The highest BCUT2D eigenvalue weighted by atomic mass is 32.2. The monoisotopic (exact) mass is 475 g/mol. The van der Waals surface area contributed by atoms with Gasteiger partial charge in [-0.25, -0.2) is 12.8 Å². The Morgan fingerprint density at radius 2 is 1.53 bits per heavy atom. The minimum atomic E-state index is -3.85. The minimum absolute atomic E-state index is 0.0428. The molecule has 4 aromatic rings. The summed E-state index contributed by atoms with van der Waals surface area (Å²) in [7, 11) is -3.85. The van der Waals surface area contributed by atoms with Crippen molar-refractivity contribution in [2.24, 2.45) is 0 Å². The topological polar surface area (TPSA) is 88.2 Å². The fraction of sp³-hybridized carbons (Fsp3) is 0.0769. The largest absolute Gasteiger partial charge is 0.343 e. The maximum atomic E-state index is 13.1. The van der Waals surface area contributed by atoms with E-state index < -0.39 is 21.9 Å². The zero-order valence-electron chi connectivity index (χ0n) is 18.1. The van der Waals surface area contributed by atoms with Crippen LogP contribution in [0.3, 0.4) is 0 Å². The van der Waals surface area contributed by atoms with Crippen LogP contribution in [-0.4, -0.2) is 19.3 Å². The fourth-order valence-corrected chi connectivity index (χ4v) is 4.49. The van der Waals surface area contributed by atoms with Crippen molar-refractivity contribution in [1.29, 1.82) is 0 Å². The lowest BCUT2D eigenvalue weighted by Crippen LogP contribution is -2.31. The second-order valence-electron chi connectivity index (χ2n) is 7.60. The van der Waals surface area contributed by atoms with E-state index >= 15 is 0 Å². The van der Waals surface area contributed by atoms with Gasteiger partial charge in [0, 0.05) is 11.9 Å². The summed E-state index contributed by atoms with van der Waals surface area (Å²) < 4.78 is 40.4. The van der Waals surface area contributed by atoms with E-state index in [2.05, 4.69) is 15.0 Å². The van der Waals surface area contributed by atoms with E-state index in [-0.39, 0.29) is 17.2 Å². The van der Waals surface area contributed by atoms with Crippen molar-refractivity contribution >= 4 is 21.6 Å². The summed E-state index contributed by atoms with van der Waals surface area (Å²) >= 11 is 0. The van der Waals surface area contributed by atoms with E-state index in [0.717, 1.165) is 29.0 Å². The molecule has 1 atom stereocenters. The number of halogens is 1. The summed E-state index contributed by atoms with van der Waals surface area (Å²) in [6.07, 6.45) is 1.80. The van der Waals surface area contributed by atoms with Gasteiger partial charge in [-0.1, -0.05) is 48.5 Å². The van der Waals surface area contributed by atoms with E-state index in [1.54, 1.807) is 30.5 Å². The molecule has 0 saturated carbocycles. The first kappa shape index (κ1) is 23.1. The number of pyridine rings is 1. The number of amides is 1. The molecule has 1 amide bonds. The van der Waals surface area contributed by atoms with Crippen LogP contribution in [0.5, 0.6) is 0 Å². The molecule has 8 heteroatoms. The molecular weight excluding hydrogens is 453 g/mol. The summed E-state index contributed by atoms with van der Waals surface area (Å²) in [6.45, 7) is 0. The van der Waals surface area contributed by atoms with E-state index in [9.17, 15) is 17.6 Å². The van der Waals surface area contributed by atoms with Gasteiger partial charge in [-0.3, -0.25) is 14.5 Å². The zero-order chi connectivity index (χ0) is 24.0. The second-order valence-corrected chi connectivity index (χ2v) is 9.28. The smallest absolute Gasteiger partial charge is 0.261 e. The highest BCUT2D eigenvalue weighted by Crippen LogP contribution is 2.21. The molecule has 1 heterocycles. The van der Waals surface area contributed by atoms with Crippen LogP contribution in [0, 0.1) is 5.82 Å². The summed E-state index contributed by atoms with van der Waals surface area (Å²) in [5, 5.41) is 3.03. The molecule has 2 N–H and O–H groups in total. The average Bonchev–Trinajstić information content (AvgIpc) is 2.85. The lowest BCUT2D eigenvalue weighted by molar-refractivity contribution is -0.121. The fourth-order valence-electron chi connectivity index (χ4n) is 3.44. The van der Waals surface area contributed by atoms with Crippen molar-refractivity contribution in [1.82, 2.24) is 10.3 Å². The summed E-state index contributed by atoms with van der Waals surface area (Å²) in [5.41, 5.74) is 2.70. The van der Waals surface area contributed by atoms with Crippen LogP contribution in [0.4, 0.5) is 10.1 Å². The highest BCUT2D eigenvalue weighted by Gasteiger charge is 2.18. The number of aromatic nitrogens is 1. The third kappa shape index (κ3) is 5.85. The summed E-state index contributed by atoms with van der Waals surface area (Å²) in [6, 6.07) is 25.8. The first-order valence-corrected chi connectivity index (χ1v) is 12.0. The first-order chi connectivity index (χ1) is 16.4. The number of rotatable bonds is 8. The van der Waals surface area contributed by atoms with Crippen molar-refractivity contribution in [3.63, 3.8) is 0 Å². The molecular formula is C26H22FN3O3S. The van der Waals surface area contributed by atoms with Gasteiger partial charge in [0.15, 0.2) is 0 Å². The molecule has 34 heavy (non-hydrogen) atoms. The van der Waals surface area contributed by atoms with Crippen molar-refractivity contribution in [2.45, 2.75) is 17.4 Å². The Morgan fingerprint density at radius 1 is 0.853 bits per heavy atom. The van der Waals surface area contributed by atoms with Gasteiger partial charge in [-0.05, 0) is 59.7 Å². The zero-order valence-corrected chi connectivity index (χ0v) is 18.9. The number of nitrogens with zero attached hydrogens (tertiary/aromatic N) is 1. The van der Waals surface area contributed by atoms with Crippen LogP contribution in [0.15, 0.2) is 108 Å². The molecule has 4 rings (SSSR count). The maximum absolute atomic E-state index is 13.1. The Kier molecular flexibility index (Phi) is 6.98. The quantitative estimate of drug-likeness (QED) is 0.394. The predicted octanol–water partition coefficient (Wildman–Crippen LogP) is 4.47. The van der Waals surface area contributed by atoms with Crippen molar-refractivity contribution in [2.75, 3.05) is 4.72 Å². The van der Waals surface area contributed by atoms with Crippen LogP contribution in [-0.2, 0) is 21.2 Å². The van der Waals surface area contributed by atoms with Gasteiger partial charge in [-0.15, -0.1) is 0 Å². The standard InChI is InChI=1S/C26H22FN3O3S/c27-21-11-15-23(16-12-21)34(32,33)30-22-13-9-19(10-14-22)18-25(31)29-26(20-6-2-1-3-7-20)24-8-4-5-17-28-24/h1-17,26,30H,18H2,(H,29,31). The lowest BCUT2D eigenvalue weighted by Gasteiger charge is -2.19. The number of carbonyl (C=O) groups is 1. The Labute approximate surface area is 197 Å². The van der Waals surface area contributed by atoms with Crippen LogP contribution < -0.4 is 10.0 Å². The first-order valence-electron chi connectivity index (χ1n) is 10.5. The van der Waals surface area contributed by atoms with Crippen molar-refractivity contribution < 1.29 is 17.6 Å².